The van der Waals surface area contributed by atoms with Crippen molar-refractivity contribution in [3.05, 3.63) is 69.7 Å². The second-order valence-corrected chi connectivity index (χ2v) is 6.43. The van der Waals surface area contributed by atoms with Crippen molar-refractivity contribution in [3.8, 4) is 5.75 Å². The highest BCUT2D eigenvalue weighted by molar-refractivity contribution is 5.61. The number of aromatic nitrogens is 2. The van der Waals surface area contributed by atoms with Crippen LogP contribution < -0.4 is 15.6 Å². The maximum absolute atomic E-state index is 13.2. The number of hydrogen-bond donors (Lipinski definition) is 1. The van der Waals surface area contributed by atoms with Crippen LogP contribution in [0.3, 0.4) is 0 Å². The Labute approximate surface area is 160 Å². The van der Waals surface area contributed by atoms with Crippen LogP contribution in [0.15, 0.2) is 53.0 Å². The van der Waals surface area contributed by atoms with Crippen LogP contribution in [0.25, 0.3) is 0 Å². The van der Waals surface area contributed by atoms with Crippen LogP contribution in [0.2, 0.25) is 0 Å². The van der Waals surface area contributed by atoms with Gasteiger partial charge in [-0.2, -0.15) is 18.2 Å². The Morgan fingerprint density at radius 2 is 2.07 bits per heavy atom. The van der Waals surface area contributed by atoms with Crippen molar-refractivity contribution in [3.63, 3.8) is 0 Å². The number of nitrogens with one attached hydrogen (secondary N) is 1. The number of anilines is 2. The van der Waals surface area contributed by atoms with E-state index in [4.69, 9.17) is 4.74 Å². The Hall–Kier alpha value is -3.03. The second kappa shape index (κ2) is 7.92. The van der Waals surface area contributed by atoms with E-state index < -0.39 is 17.3 Å². The third-order valence-corrected chi connectivity index (χ3v) is 4.49. The molecule has 28 heavy (non-hydrogen) atoms. The topological polar surface area (TPSA) is 56.1 Å². The Balaban J connectivity index is 2.02. The van der Waals surface area contributed by atoms with Crippen LogP contribution >= 0.6 is 0 Å². The molecule has 0 saturated heterocycles. The molecule has 148 valence electrons. The number of hydrogen-bond acceptors (Lipinski definition) is 4. The van der Waals surface area contributed by atoms with E-state index >= 15 is 0 Å². The van der Waals surface area contributed by atoms with Gasteiger partial charge in [-0.25, -0.2) is 0 Å². The van der Waals surface area contributed by atoms with E-state index in [1.165, 1.54) is 32.4 Å². The first-order valence-corrected chi connectivity index (χ1v) is 8.74. The summed E-state index contributed by atoms with van der Waals surface area (Å²) in [6, 6.07) is 3.86. The fourth-order valence-electron chi connectivity index (χ4n) is 3.01. The van der Waals surface area contributed by atoms with Crippen molar-refractivity contribution in [1.82, 2.24) is 9.55 Å². The highest BCUT2D eigenvalue weighted by Gasteiger charge is 2.33. The van der Waals surface area contributed by atoms with Crippen molar-refractivity contribution in [1.29, 1.82) is 0 Å². The van der Waals surface area contributed by atoms with Gasteiger partial charge < -0.3 is 14.6 Å². The zero-order valence-corrected chi connectivity index (χ0v) is 15.5. The lowest BCUT2D eigenvalue weighted by molar-refractivity contribution is -0.138. The molecule has 1 aromatic carbocycles. The SMILES string of the molecule is COc1cn(CC2=CCCC=C2)c(Nc2cccc(C(F)(F)F)c2C)nc1=O. The minimum atomic E-state index is -4.47. The van der Waals surface area contributed by atoms with Crippen LogP contribution in [0.5, 0.6) is 5.75 Å². The van der Waals surface area contributed by atoms with Crippen molar-refractivity contribution >= 4 is 11.6 Å². The average Bonchev–Trinajstić information content (AvgIpc) is 2.65. The van der Waals surface area contributed by atoms with E-state index in [0.29, 0.717) is 6.54 Å². The molecule has 1 heterocycles. The molecule has 0 radical (unpaired) electrons. The monoisotopic (exact) mass is 391 g/mol. The largest absolute Gasteiger partial charge is 0.490 e. The zero-order valence-electron chi connectivity index (χ0n) is 15.5. The summed E-state index contributed by atoms with van der Waals surface area (Å²) in [6.07, 6.45) is 5.01. The molecular formula is C20H20F3N3O2. The molecule has 0 amide bonds. The van der Waals surface area contributed by atoms with E-state index in [-0.39, 0.29) is 22.9 Å². The summed E-state index contributed by atoms with van der Waals surface area (Å²) in [4.78, 5) is 16.1. The summed E-state index contributed by atoms with van der Waals surface area (Å²) in [5, 5.41) is 2.88. The van der Waals surface area contributed by atoms with Gasteiger partial charge in [-0.05, 0) is 43.0 Å². The number of rotatable bonds is 5. The van der Waals surface area contributed by atoms with Gasteiger partial charge in [0.25, 0.3) is 0 Å². The van der Waals surface area contributed by atoms with Gasteiger partial charge in [-0.3, -0.25) is 4.79 Å². The lowest BCUT2D eigenvalue weighted by Gasteiger charge is -2.19. The molecule has 1 aliphatic carbocycles. The van der Waals surface area contributed by atoms with Gasteiger partial charge in [0.2, 0.25) is 11.7 Å². The molecule has 0 bridgehead atoms. The molecule has 0 atom stereocenters. The van der Waals surface area contributed by atoms with Crippen LogP contribution in [0, 0.1) is 6.92 Å². The van der Waals surface area contributed by atoms with Crippen molar-refractivity contribution in [2.45, 2.75) is 32.5 Å². The minimum absolute atomic E-state index is 0.0309. The molecule has 1 aliphatic rings. The highest BCUT2D eigenvalue weighted by atomic mass is 19.4. The molecule has 1 aromatic heterocycles. The minimum Gasteiger partial charge on any atom is -0.490 e. The molecule has 0 fully saturated rings. The van der Waals surface area contributed by atoms with Crippen LogP contribution in [-0.2, 0) is 12.7 Å². The normalized spacial score (nSPS) is 14.0. The summed E-state index contributed by atoms with van der Waals surface area (Å²) >= 11 is 0. The second-order valence-electron chi connectivity index (χ2n) is 6.43. The van der Waals surface area contributed by atoms with E-state index in [0.717, 1.165) is 24.5 Å². The molecule has 3 rings (SSSR count). The number of methoxy groups -OCH3 is 1. The molecule has 0 unspecified atom stereocenters. The summed E-state index contributed by atoms with van der Waals surface area (Å²) < 4.78 is 46.3. The van der Waals surface area contributed by atoms with Crippen LogP contribution in [0.4, 0.5) is 24.8 Å². The van der Waals surface area contributed by atoms with E-state index in [9.17, 15) is 18.0 Å². The van der Waals surface area contributed by atoms with Crippen molar-refractivity contribution in [2.24, 2.45) is 0 Å². The van der Waals surface area contributed by atoms with Gasteiger partial charge in [0.15, 0.2) is 0 Å². The Morgan fingerprint density at radius 1 is 1.29 bits per heavy atom. The Bertz CT molecular complexity index is 991. The van der Waals surface area contributed by atoms with Gasteiger partial charge >= 0.3 is 11.7 Å². The number of benzene rings is 1. The Kier molecular flexibility index (Phi) is 5.58. The fraction of sp³-hybridized carbons (Fsp3) is 0.300. The molecule has 2 aromatic rings. The maximum Gasteiger partial charge on any atom is 0.416 e. The average molecular weight is 391 g/mol. The number of halogens is 3. The first-order valence-electron chi connectivity index (χ1n) is 8.74. The molecular weight excluding hydrogens is 371 g/mol. The maximum atomic E-state index is 13.2. The number of allylic oxidation sites excluding steroid dienone is 4. The number of nitrogens with zero attached hydrogens (tertiary/aromatic N) is 2. The van der Waals surface area contributed by atoms with Crippen LogP contribution in [0.1, 0.15) is 24.0 Å². The zero-order chi connectivity index (χ0) is 20.3. The van der Waals surface area contributed by atoms with E-state index in [1.807, 2.05) is 12.2 Å². The predicted octanol–water partition coefficient (Wildman–Crippen LogP) is 4.60. The smallest absolute Gasteiger partial charge is 0.416 e. The Morgan fingerprint density at radius 3 is 2.71 bits per heavy atom. The first kappa shape index (κ1) is 19.7. The third-order valence-electron chi connectivity index (χ3n) is 4.49. The number of ether oxygens (including phenoxy) is 1. The fourth-order valence-corrected chi connectivity index (χ4v) is 3.01. The quantitative estimate of drug-likeness (QED) is 0.809. The molecule has 5 nitrogen and oxygen atoms in total. The number of alkyl halides is 3. The van der Waals surface area contributed by atoms with E-state index in [1.54, 1.807) is 4.57 Å². The highest BCUT2D eigenvalue weighted by Crippen LogP contribution is 2.35. The third kappa shape index (κ3) is 4.27. The summed E-state index contributed by atoms with van der Waals surface area (Å²) in [5.41, 5.74) is -0.0587. The van der Waals surface area contributed by atoms with Gasteiger partial charge in [0, 0.05) is 5.69 Å². The first-order chi connectivity index (χ1) is 13.3. The lowest BCUT2D eigenvalue weighted by atomic mass is 10.1. The summed E-state index contributed by atoms with van der Waals surface area (Å²) in [7, 11) is 1.37. The molecule has 0 saturated carbocycles. The van der Waals surface area contributed by atoms with Crippen molar-refractivity contribution < 1.29 is 17.9 Å². The molecule has 8 heteroatoms. The van der Waals surface area contributed by atoms with Crippen molar-refractivity contribution in [2.75, 3.05) is 12.4 Å². The van der Waals surface area contributed by atoms with Crippen LogP contribution in [-0.4, -0.2) is 16.7 Å². The van der Waals surface area contributed by atoms with E-state index in [2.05, 4.69) is 16.4 Å². The summed E-state index contributed by atoms with van der Waals surface area (Å²) in [6.45, 7) is 1.78. The standard InChI is InChI=1S/C20H20F3N3O2/c1-13-15(20(21,22)23)9-6-10-16(13)24-19-25-18(27)17(28-2)12-26(19)11-14-7-4-3-5-8-14/h4,6-10,12H,3,5,11H2,1-2H3,(H,24,25,27). The van der Waals surface area contributed by atoms with Gasteiger partial charge in [-0.15, -0.1) is 0 Å². The summed E-state index contributed by atoms with van der Waals surface area (Å²) in [5.74, 6) is 0.208. The molecule has 1 N–H and O–H groups in total. The van der Waals surface area contributed by atoms with Gasteiger partial charge in [0.1, 0.15) is 0 Å². The molecule has 0 aliphatic heterocycles. The lowest BCUT2D eigenvalue weighted by Crippen LogP contribution is -2.19. The van der Waals surface area contributed by atoms with Gasteiger partial charge in [0.05, 0.1) is 25.4 Å². The predicted molar refractivity (Wildman–Crippen MR) is 101 cm³/mol. The van der Waals surface area contributed by atoms with Gasteiger partial charge in [-0.1, -0.05) is 24.3 Å². The molecule has 0 spiro atoms.